The average molecular weight is 622 g/mol. The molecule has 0 atom stereocenters. The van der Waals surface area contributed by atoms with Crippen LogP contribution >= 0.6 is 11.6 Å². The Morgan fingerprint density at radius 2 is 1.84 bits per heavy atom. The summed E-state index contributed by atoms with van der Waals surface area (Å²) < 4.78 is 34.0. The molecule has 3 heterocycles. The Kier molecular flexibility index (Phi) is 9.53. The van der Waals surface area contributed by atoms with Crippen molar-refractivity contribution in [3.8, 4) is 23.1 Å². The highest BCUT2D eigenvalue weighted by Crippen LogP contribution is 2.33. The minimum Gasteiger partial charge on any atom is -0.379 e. The SMILES string of the molecule is CS(=O)(=O)N1CCc2c(c(-c3ccc(Cl)c(C#Cc4ccc(CNC5CCC5)cc4)c3)nn2CCCN2CCOCC2)C1. The van der Waals surface area contributed by atoms with E-state index in [0.717, 1.165) is 86.0 Å². The van der Waals surface area contributed by atoms with Gasteiger partial charge in [0.25, 0.3) is 0 Å². The van der Waals surface area contributed by atoms with E-state index in [0.29, 0.717) is 30.6 Å². The second kappa shape index (κ2) is 13.5. The van der Waals surface area contributed by atoms with Gasteiger partial charge in [-0.1, -0.05) is 48.1 Å². The van der Waals surface area contributed by atoms with E-state index in [2.05, 4.69) is 51.0 Å². The molecule has 1 aromatic heterocycles. The van der Waals surface area contributed by atoms with Crippen LogP contribution < -0.4 is 5.32 Å². The van der Waals surface area contributed by atoms with Gasteiger partial charge in [-0.2, -0.15) is 9.40 Å². The minimum absolute atomic E-state index is 0.318. The van der Waals surface area contributed by atoms with Crippen molar-refractivity contribution in [1.29, 1.82) is 0 Å². The van der Waals surface area contributed by atoms with Crippen LogP contribution in [0.2, 0.25) is 5.02 Å². The molecule has 1 N–H and O–H groups in total. The Labute approximate surface area is 260 Å². The van der Waals surface area contributed by atoms with Crippen LogP contribution in [-0.4, -0.2) is 79.1 Å². The molecule has 2 aromatic carbocycles. The van der Waals surface area contributed by atoms with Crippen LogP contribution in [0.15, 0.2) is 42.5 Å². The number of morpholine rings is 1. The second-order valence-electron chi connectivity index (χ2n) is 11.8. The molecule has 8 nitrogen and oxygen atoms in total. The van der Waals surface area contributed by atoms with Crippen molar-refractivity contribution < 1.29 is 13.2 Å². The van der Waals surface area contributed by atoms with Crippen molar-refractivity contribution in [1.82, 2.24) is 24.3 Å². The van der Waals surface area contributed by atoms with Crippen LogP contribution in [0.3, 0.4) is 0 Å². The largest absolute Gasteiger partial charge is 0.379 e. The third-order valence-corrected chi connectivity index (χ3v) is 10.3. The number of ether oxygens (including phenoxy) is 1. The topological polar surface area (TPSA) is 79.7 Å². The van der Waals surface area contributed by atoms with Crippen LogP contribution in [-0.2, 0) is 40.8 Å². The molecule has 2 aliphatic heterocycles. The van der Waals surface area contributed by atoms with E-state index in [-0.39, 0.29) is 0 Å². The molecule has 0 amide bonds. The maximum Gasteiger partial charge on any atom is 0.211 e. The molecule has 0 bridgehead atoms. The van der Waals surface area contributed by atoms with E-state index in [1.165, 1.54) is 31.1 Å². The molecule has 0 spiro atoms. The van der Waals surface area contributed by atoms with Gasteiger partial charge in [-0.15, -0.1) is 0 Å². The van der Waals surface area contributed by atoms with Crippen LogP contribution in [0.5, 0.6) is 0 Å². The first kappa shape index (κ1) is 30.3. The molecule has 1 saturated heterocycles. The Bertz CT molecular complexity index is 1600. The van der Waals surface area contributed by atoms with E-state index in [1.54, 1.807) is 4.31 Å². The van der Waals surface area contributed by atoms with E-state index in [1.807, 2.05) is 18.2 Å². The fourth-order valence-corrected chi connectivity index (χ4v) is 6.87. The van der Waals surface area contributed by atoms with Crippen LogP contribution in [0, 0.1) is 11.8 Å². The van der Waals surface area contributed by atoms with Gasteiger partial charge in [0.2, 0.25) is 10.0 Å². The lowest BCUT2D eigenvalue weighted by Crippen LogP contribution is -2.37. The first-order valence-electron chi connectivity index (χ1n) is 15.3. The number of fused-ring (bicyclic) bond motifs is 1. The highest BCUT2D eigenvalue weighted by atomic mass is 35.5. The van der Waals surface area contributed by atoms with Gasteiger partial charge in [0.05, 0.1) is 30.2 Å². The van der Waals surface area contributed by atoms with E-state index < -0.39 is 10.0 Å². The minimum atomic E-state index is -3.32. The standard InChI is InChI=1S/C33H40ClN5O3S/c1-43(40,41)38-17-14-32-30(24-38)33(36-39(32)16-3-15-37-18-20-42-21-19-37)28-12-13-31(34)27(22-28)11-10-25-6-8-26(9-7-25)23-35-29-4-2-5-29/h6-9,12-13,22,29,35H,2-5,14-21,23-24H2,1H3. The Morgan fingerprint density at radius 3 is 2.56 bits per heavy atom. The molecule has 43 heavy (non-hydrogen) atoms. The molecule has 10 heteroatoms. The number of rotatable bonds is 9. The van der Waals surface area contributed by atoms with Crippen LogP contribution in [0.25, 0.3) is 11.3 Å². The number of benzene rings is 2. The maximum absolute atomic E-state index is 12.5. The lowest BCUT2D eigenvalue weighted by Gasteiger charge is -2.27. The number of aryl methyl sites for hydroxylation is 1. The van der Waals surface area contributed by atoms with Crippen LogP contribution in [0.1, 0.15) is 53.6 Å². The van der Waals surface area contributed by atoms with Gasteiger partial charge in [-0.05, 0) is 49.1 Å². The number of halogens is 1. The smallest absolute Gasteiger partial charge is 0.211 e. The first-order chi connectivity index (χ1) is 20.8. The number of hydrogen-bond acceptors (Lipinski definition) is 6. The van der Waals surface area contributed by atoms with Crippen molar-refractivity contribution in [2.24, 2.45) is 0 Å². The number of sulfonamides is 1. The Balaban J connectivity index is 1.22. The monoisotopic (exact) mass is 621 g/mol. The van der Waals surface area contributed by atoms with E-state index in [9.17, 15) is 8.42 Å². The van der Waals surface area contributed by atoms with Crippen molar-refractivity contribution in [3.63, 3.8) is 0 Å². The predicted molar refractivity (Wildman–Crippen MR) is 170 cm³/mol. The van der Waals surface area contributed by atoms with Gasteiger partial charge in [0.15, 0.2) is 0 Å². The lowest BCUT2D eigenvalue weighted by atomic mass is 9.93. The highest BCUT2D eigenvalue weighted by molar-refractivity contribution is 7.88. The van der Waals surface area contributed by atoms with E-state index in [4.69, 9.17) is 21.4 Å². The summed E-state index contributed by atoms with van der Waals surface area (Å²) in [5.41, 5.74) is 6.69. The molecule has 3 aliphatic rings. The molecule has 1 aliphatic carbocycles. The summed E-state index contributed by atoms with van der Waals surface area (Å²) in [6.07, 6.45) is 6.76. The summed E-state index contributed by atoms with van der Waals surface area (Å²) in [5.74, 6) is 6.53. The van der Waals surface area contributed by atoms with Gasteiger partial charge in [0.1, 0.15) is 0 Å². The van der Waals surface area contributed by atoms with Crippen molar-refractivity contribution in [2.45, 2.75) is 57.8 Å². The summed E-state index contributed by atoms with van der Waals surface area (Å²) in [6, 6.07) is 14.8. The first-order valence-corrected chi connectivity index (χ1v) is 17.5. The van der Waals surface area contributed by atoms with Gasteiger partial charge in [0, 0.05) is 86.2 Å². The number of nitrogens with one attached hydrogen (secondary N) is 1. The van der Waals surface area contributed by atoms with Gasteiger partial charge in [-0.3, -0.25) is 9.58 Å². The summed E-state index contributed by atoms with van der Waals surface area (Å²) in [4.78, 5) is 2.43. The molecule has 3 aromatic rings. The normalized spacial score (nSPS) is 18.1. The third kappa shape index (κ3) is 7.51. The molecule has 0 unspecified atom stereocenters. The number of aromatic nitrogens is 2. The fourth-order valence-electron chi connectivity index (χ4n) is 5.92. The molecular formula is C33H40ClN5O3S. The molecular weight excluding hydrogens is 582 g/mol. The van der Waals surface area contributed by atoms with Crippen molar-refractivity contribution in [2.75, 3.05) is 45.6 Å². The fraction of sp³-hybridized carbons (Fsp3) is 0.485. The zero-order chi connectivity index (χ0) is 29.8. The zero-order valence-electron chi connectivity index (χ0n) is 24.8. The molecule has 0 radical (unpaired) electrons. The molecule has 1 saturated carbocycles. The predicted octanol–water partition coefficient (Wildman–Crippen LogP) is 4.29. The lowest BCUT2D eigenvalue weighted by molar-refractivity contribution is 0.0368. The number of hydrogen-bond donors (Lipinski definition) is 1. The quantitative estimate of drug-likeness (QED) is 0.359. The average Bonchev–Trinajstić information content (AvgIpc) is 3.34. The molecule has 228 valence electrons. The zero-order valence-corrected chi connectivity index (χ0v) is 26.4. The summed E-state index contributed by atoms with van der Waals surface area (Å²) in [6.45, 7) is 6.93. The van der Waals surface area contributed by atoms with Gasteiger partial charge < -0.3 is 10.1 Å². The van der Waals surface area contributed by atoms with E-state index >= 15 is 0 Å². The Hall–Kier alpha value is -2.71. The summed E-state index contributed by atoms with van der Waals surface area (Å²) in [5, 5.41) is 9.23. The van der Waals surface area contributed by atoms with Gasteiger partial charge >= 0.3 is 0 Å². The number of nitrogens with zero attached hydrogens (tertiary/aromatic N) is 4. The van der Waals surface area contributed by atoms with Crippen molar-refractivity contribution in [3.05, 3.63) is 75.4 Å². The van der Waals surface area contributed by atoms with Crippen LogP contribution in [0.4, 0.5) is 0 Å². The second-order valence-corrected chi connectivity index (χ2v) is 14.2. The van der Waals surface area contributed by atoms with Crippen molar-refractivity contribution >= 4 is 21.6 Å². The van der Waals surface area contributed by atoms with Gasteiger partial charge in [-0.25, -0.2) is 8.42 Å². The highest BCUT2D eigenvalue weighted by Gasteiger charge is 2.30. The summed E-state index contributed by atoms with van der Waals surface area (Å²) in [7, 11) is -3.32. The summed E-state index contributed by atoms with van der Waals surface area (Å²) >= 11 is 6.60. The molecule has 6 rings (SSSR count). The third-order valence-electron chi connectivity index (χ3n) is 8.75. The maximum atomic E-state index is 12.5. The molecule has 2 fully saturated rings. The Morgan fingerprint density at radius 1 is 1.05 bits per heavy atom.